The predicted octanol–water partition coefficient (Wildman–Crippen LogP) is 3.96. The maximum Gasteiger partial charge on any atom is 0.377 e. The number of aliphatic hydroxyl groups excluding tert-OH is 1. The molecule has 21 heavy (non-hydrogen) atoms. The molecule has 0 heterocycles. The Morgan fingerprint density at radius 1 is 1.14 bits per heavy atom. The number of hydrogen-bond donors (Lipinski definition) is 1. The number of rotatable bonds is 5. The summed E-state index contributed by atoms with van der Waals surface area (Å²) in [6.07, 6.45) is 0.698. The van der Waals surface area contributed by atoms with Gasteiger partial charge >= 0.3 is 5.97 Å². The van der Waals surface area contributed by atoms with Crippen LogP contribution in [0.15, 0.2) is 54.0 Å². The van der Waals surface area contributed by atoms with Crippen LogP contribution in [0, 0.1) is 0 Å². The van der Waals surface area contributed by atoms with E-state index in [1.807, 2.05) is 43.3 Å². The maximum atomic E-state index is 11.5. The molecule has 0 aromatic heterocycles. The lowest BCUT2D eigenvalue weighted by Gasteiger charge is -2.09. The van der Waals surface area contributed by atoms with Crippen molar-refractivity contribution in [2.24, 2.45) is 0 Å². The van der Waals surface area contributed by atoms with Crippen LogP contribution in [0.25, 0.3) is 10.8 Å². The molecule has 0 radical (unpaired) electrons. The lowest BCUT2D eigenvalue weighted by Crippen LogP contribution is -2.12. The van der Waals surface area contributed by atoms with E-state index >= 15 is 0 Å². The third-order valence-electron chi connectivity index (χ3n) is 2.96. The average Bonchev–Trinajstić information content (AvgIpc) is 2.51. The molecule has 0 bridgehead atoms. The van der Waals surface area contributed by atoms with Gasteiger partial charge in [0.05, 0.1) is 6.61 Å². The van der Waals surface area contributed by atoms with Crippen LogP contribution in [0.2, 0.25) is 0 Å². The van der Waals surface area contributed by atoms with Gasteiger partial charge < -0.3 is 14.6 Å². The highest BCUT2D eigenvalue weighted by molar-refractivity contribution is 5.86. The predicted molar refractivity (Wildman–Crippen MR) is 81.2 cm³/mol. The van der Waals surface area contributed by atoms with Crippen molar-refractivity contribution in [1.82, 2.24) is 0 Å². The van der Waals surface area contributed by atoms with Crippen molar-refractivity contribution >= 4 is 16.7 Å². The first-order valence-electron chi connectivity index (χ1n) is 6.85. The number of carbonyl (C=O) groups is 1. The summed E-state index contributed by atoms with van der Waals surface area (Å²) in [5.74, 6) is -0.598. The van der Waals surface area contributed by atoms with Crippen LogP contribution < -0.4 is 4.74 Å². The summed E-state index contributed by atoms with van der Waals surface area (Å²) < 4.78 is 10.4. The van der Waals surface area contributed by atoms with Crippen LogP contribution >= 0.6 is 0 Å². The number of fused-ring (bicyclic) bond motifs is 1. The van der Waals surface area contributed by atoms with Gasteiger partial charge in [-0.25, -0.2) is 4.79 Å². The average molecular weight is 286 g/mol. The minimum absolute atomic E-state index is 0.117. The smallest absolute Gasteiger partial charge is 0.377 e. The summed E-state index contributed by atoms with van der Waals surface area (Å²) in [6, 6.07) is 13.4. The standard InChI is InChI=1S/C17H18O4/c1-3-10-20-17(19)16(18)12(2)21-15-9-8-13-6-4-5-7-14(13)11-15/h4-9,11,18H,3,10H2,1-2H3. The van der Waals surface area contributed by atoms with Gasteiger partial charge in [-0.3, -0.25) is 0 Å². The summed E-state index contributed by atoms with van der Waals surface area (Å²) in [5.41, 5.74) is 0. The van der Waals surface area contributed by atoms with E-state index in [0.717, 1.165) is 10.8 Å². The number of allylic oxidation sites excluding steroid dienone is 1. The molecular formula is C17H18O4. The van der Waals surface area contributed by atoms with Gasteiger partial charge in [-0.15, -0.1) is 0 Å². The Balaban J connectivity index is 2.16. The minimum Gasteiger partial charge on any atom is -0.499 e. The third kappa shape index (κ3) is 3.75. The molecule has 0 saturated heterocycles. The molecule has 0 fully saturated rings. The van der Waals surface area contributed by atoms with Crippen molar-refractivity contribution in [2.45, 2.75) is 20.3 Å². The first kappa shape index (κ1) is 14.9. The molecule has 2 aromatic carbocycles. The number of ether oxygens (including phenoxy) is 2. The molecule has 0 atom stereocenters. The van der Waals surface area contributed by atoms with Gasteiger partial charge in [0.1, 0.15) is 5.75 Å². The van der Waals surface area contributed by atoms with Crippen molar-refractivity contribution in [2.75, 3.05) is 6.61 Å². The van der Waals surface area contributed by atoms with Crippen LogP contribution in [-0.2, 0) is 9.53 Å². The second kappa shape index (κ2) is 6.79. The van der Waals surface area contributed by atoms with E-state index in [4.69, 9.17) is 9.47 Å². The van der Waals surface area contributed by atoms with E-state index in [1.165, 1.54) is 6.92 Å². The molecule has 4 nitrogen and oxygen atoms in total. The Labute approximate surface area is 123 Å². The Kier molecular flexibility index (Phi) is 4.82. The van der Waals surface area contributed by atoms with E-state index in [0.29, 0.717) is 12.2 Å². The van der Waals surface area contributed by atoms with Crippen LogP contribution in [0.4, 0.5) is 0 Å². The number of carbonyl (C=O) groups excluding carboxylic acids is 1. The molecule has 0 aliphatic heterocycles. The lowest BCUT2D eigenvalue weighted by atomic mass is 10.1. The quantitative estimate of drug-likeness (QED) is 0.513. The van der Waals surface area contributed by atoms with E-state index < -0.39 is 11.7 Å². The first-order valence-corrected chi connectivity index (χ1v) is 6.85. The van der Waals surface area contributed by atoms with Gasteiger partial charge in [0, 0.05) is 0 Å². The molecular weight excluding hydrogens is 268 g/mol. The highest BCUT2D eigenvalue weighted by atomic mass is 16.5. The molecule has 0 aliphatic rings. The molecule has 0 amide bonds. The van der Waals surface area contributed by atoms with Gasteiger partial charge in [-0.05, 0) is 36.2 Å². The number of aliphatic hydroxyl groups is 1. The van der Waals surface area contributed by atoms with Gasteiger partial charge in [0.25, 0.3) is 0 Å². The zero-order valence-corrected chi connectivity index (χ0v) is 12.1. The Hall–Kier alpha value is -2.49. The molecule has 0 unspecified atom stereocenters. The highest BCUT2D eigenvalue weighted by Gasteiger charge is 2.14. The minimum atomic E-state index is -0.768. The fourth-order valence-corrected chi connectivity index (χ4v) is 1.86. The topological polar surface area (TPSA) is 55.8 Å². The highest BCUT2D eigenvalue weighted by Crippen LogP contribution is 2.22. The van der Waals surface area contributed by atoms with Gasteiger partial charge in [-0.1, -0.05) is 37.3 Å². The Morgan fingerprint density at radius 2 is 1.86 bits per heavy atom. The molecule has 0 spiro atoms. The van der Waals surface area contributed by atoms with Crippen LogP contribution in [0.1, 0.15) is 20.3 Å². The van der Waals surface area contributed by atoms with E-state index in [1.54, 1.807) is 6.07 Å². The second-order valence-corrected chi connectivity index (χ2v) is 4.65. The number of esters is 1. The molecule has 2 rings (SSSR count). The van der Waals surface area contributed by atoms with Gasteiger partial charge in [0.15, 0.2) is 5.76 Å². The molecule has 110 valence electrons. The van der Waals surface area contributed by atoms with Gasteiger partial charge in [0.2, 0.25) is 5.76 Å². The lowest BCUT2D eigenvalue weighted by molar-refractivity contribution is -0.142. The monoisotopic (exact) mass is 286 g/mol. The largest absolute Gasteiger partial charge is 0.499 e. The van der Waals surface area contributed by atoms with Crippen LogP contribution in [0.3, 0.4) is 0 Å². The molecule has 0 saturated carbocycles. The summed E-state index contributed by atoms with van der Waals surface area (Å²) in [4.78, 5) is 11.5. The van der Waals surface area contributed by atoms with Crippen molar-refractivity contribution in [3.05, 3.63) is 54.0 Å². The van der Waals surface area contributed by atoms with Crippen molar-refractivity contribution in [1.29, 1.82) is 0 Å². The third-order valence-corrected chi connectivity index (χ3v) is 2.96. The summed E-state index contributed by atoms with van der Waals surface area (Å²) in [6.45, 7) is 3.68. The summed E-state index contributed by atoms with van der Waals surface area (Å²) in [7, 11) is 0. The maximum absolute atomic E-state index is 11.5. The Morgan fingerprint density at radius 3 is 2.57 bits per heavy atom. The fourth-order valence-electron chi connectivity index (χ4n) is 1.86. The van der Waals surface area contributed by atoms with E-state index in [2.05, 4.69) is 0 Å². The fraction of sp³-hybridized carbons (Fsp3) is 0.235. The normalized spacial score (nSPS) is 11.9. The van der Waals surface area contributed by atoms with Crippen molar-refractivity contribution < 1.29 is 19.4 Å². The van der Waals surface area contributed by atoms with E-state index in [-0.39, 0.29) is 12.4 Å². The number of hydrogen-bond acceptors (Lipinski definition) is 4. The zero-order valence-electron chi connectivity index (χ0n) is 12.1. The van der Waals surface area contributed by atoms with Crippen LogP contribution in [0.5, 0.6) is 5.75 Å². The van der Waals surface area contributed by atoms with Crippen molar-refractivity contribution in [3.63, 3.8) is 0 Å². The van der Waals surface area contributed by atoms with Crippen LogP contribution in [-0.4, -0.2) is 17.7 Å². The molecule has 2 aromatic rings. The second-order valence-electron chi connectivity index (χ2n) is 4.65. The molecule has 1 N–H and O–H groups in total. The van der Waals surface area contributed by atoms with Crippen molar-refractivity contribution in [3.8, 4) is 5.75 Å². The summed E-state index contributed by atoms with van der Waals surface area (Å²) in [5, 5.41) is 11.9. The molecule has 4 heteroatoms. The zero-order chi connectivity index (χ0) is 15.2. The van der Waals surface area contributed by atoms with E-state index in [9.17, 15) is 9.90 Å². The number of benzene rings is 2. The SMILES string of the molecule is CCCOC(=O)C(O)=C(C)Oc1ccc2ccccc2c1. The molecule has 0 aliphatic carbocycles. The Bertz CT molecular complexity index is 673. The first-order chi connectivity index (χ1) is 10.1. The summed E-state index contributed by atoms with van der Waals surface area (Å²) >= 11 is 0. The van der Waals surface area contributed by atoms with Gasteiger partial charge in [-0.2, -0.15) is 0 Å².